The van der Waals surface area contributed by atoms with Gasteiger partial charge in [0.15, 0.2) is 0 Å². The Hall–Kier alpha value is -1.46. The number of rotatable bonds is 4. The number of methoxy groups -OCH3 is 1. The van der Waals surface area contributed by atoms with Crippen LogP contribution in [0, 0.1) is 0 Å². The fraction of sp³-hybridized carbons (Fsp3) is 0.235. The fourth-order valence-corrected chi connectivity index (χ4v) is 4.10. The van der Waals surface area contributed by atoms with Crippen molar-refractivity contribution in [1.82, 2.24) is 0 Å². The summed E-state index contributed by atoms with van der Waals surface area (Å²) in [6, 6.07) is 16.0. The van der Waals surface area contributed by atoms with Crippen molar-refractivity contribution in [3.63, 3.8) is 0 Å². The van der Waals surface area contributed by atoms with Crippen molar-refractivity contribution < 1.29 is 9.53 Å². The number of carbonyl (C=O) groups excluding carboxylic acids is 1. The molecule has 1 amide bonds. The van der Waals surface area contributed by atoms with Crippen LogP contribution in [0.15, 0.2) is 48.5 Å². The van der Waals surface area contributed by atoms with Gasteiger partial charge in [0.1, 0.15) is 11.1 Å². The van der Waals surface area contributed by atoms with Crippen LogP contribution in [-0.4, -0.2) is 18.8 Å². The number of benzene rings is 2. The van der Waals surface area contributed by atoms with E-state index in [0.29, 0.717) is 5.75 Å². The summed E-state index contributed by atoms with van der Waals surface area (Å²) in [5.74, 6) is 1.32. The predicted molar refractivity (Wildman–Crippen MR) is 94.8 cm³/mol. The number of carbonyl (C=O) groups is 1. The van der Waals surface area contributed by atoms with E-state index in [2.05, 4.69) is 34.1 Å². The molecule has 1 unspecified atom stereocenters. The van der Waals surface area contributed by atoms with Gasteiger partial charge in [-0.2, -0.15) is 0 Å². The van der Waals surface area contributed by atoms with E-state index in [1.54, 1.807) is 18.9 Å². The molecule has 0 N–H and O–H groups in total. The standard InChI is InChI=1S/C17H16BrNO2S/c1-21-15-8-3-2-7-14(15)19-16(20)11-22-17(19)13-6-4-5-12(9-13)10-18/h2-9,17H,10-11H2,1H3. The van der Waals surface area contributed by atoms with Gasteiger partial charge in [-0.25, -0.2) is 0 Å². The highest BCUT2D eigenvalue weighted by Gasteiger charge is 2.35. The number of para-hydroxylation sites is 2. The van der Waals surface area contributed by atoms with Crippen LogP contribution >= 0.6 is 27.7 Å². The van der Waals surface area contributed by atoms with Crippen molar-refractivity contribution in [2.75, 3.05) is 17.8 Å². The smallest absolute Gasteiger partial charge is 0.238 e. The van der Waals surface area contributed by atoms with Crippen molar-refractivity contribution in [3.8, 4) is 5.75 Å². The second kappa shape index (κ2) is 6.75. The van der Waals surface area contributed by atoms with Crippen molar-refractivity contribution in [3.05, 3.63) is 59.7 Å². The number of hydrogen-bond acceptors (Lipinski definition) is 3. The molecule has 0 aliphatic carbocycles. The molecular formula is C17H16BrNO2S. The third-order valence-corrected chi connectivity index (χ3v) is 5.46. The van der Waals surface area contributed by atoms with E-state index < -0.39 is 0 Å². The van der Waals surface area contributed by atoms with E-state index in [-0.39, 0.29) is 11.3 Å². The van der Waals surface area contributed by atoms with Crippen molar-refractivity contribution in [2.24, 2.45) is 0 Å². The first-order chi connectivity index (χ1) is 10.7. The SMILES string of the molecule is COc1ccccc1N1C(=O)CSC1c1cccc(CBr)c1. The van der Waals surface area contributed by atoms with Gasteiger partial charge in [-0.3, -0.25) is 9.69 Å². The summed E-state index contributed by atoms with van der Waals surface area (Å²) in [4.78, 5) is 14.3. The van der Waals surface area contributed by atoms with Crippen LogP contribution in [0.4, 0.5) is 5.69 Å². The van der Waals surface area contributed by atoms with Gasteiger partial charge in [-0.05, 0) is 23.3 Å². The monoisotopic (exact) mass is 377 g/mol. The zero-order valence-corrected chi connectivity index (χ0v) is 14.6. The summed E-state index contributed by atoms with van der Waals surface area (Å²) in [5, 5.41) is 0.795. The quantitative estimate of drug-likeness (QED) is 0.740. The normalized spacial score (nSPS) is 17.8. The molecule has 0 radical (unpaired) electrons. The third-order valence-electron chi connectivity index (χ3n) is 3.60. The highest BCUT2D eigenvalue weighted by molar-refractivity contribution is 9.08. The summed E-state index contributed by atoms with van der Waals surface area (Å²) in [6.45, 7) is 0. The molecule has 1 heterocycles. The Morgan fingerprint density at radius 1 is 1.27 bits per heavy atom. The topological polar surface area (TPSA) is 29.5 Å². The summed E-state index contributed by atoms with van der Waals surface area (Å²) >= 11 is 5.14. The van der Waals surface area contributed by atoms with Gasteiger partial charge in [0.05, 0.1) is 18.6 Å². The second-order valence-corrected chi connectivity index (χ2v) is 6.61. The molecule has 0 aromatic heterocycles. The number of nitrogens with zero attached hydrogens (tertiary/aromatic N) is 1. The van der Waals surface area contributed by atoms with Crippen molar-refractivity contribution in [2.45, 2.75) is 10.7 Å². The van der Waals surface area contributed by atoms with Gasteiger partial charge < -0.3 is 4.74 Å². The van der Waals surface area contributed by atoms with Crippen molar-refractivity contribution >= 4 is 39.3 Å². The molecule has 2 aromatic rings. The largest absolute Gasteiger partial charge is 0.495 e. The maximum absolute atomic E-state index is 12.4. The summed E-state index contributed by atoms with van der Waals surface area (Å²) in [5.41, 5.74) is 3.17. The lowest BCUT2D eigenvalue weighted by atomic mass is 10.1. The predicted octanol–water partition coefficient (Wildman–Crippen LogP) is 4.37. The Kier molecular flexibility index (Phi) is 4.74. The van der Waals surface area contributed by atoms with Gasteiger partial charge >= 0.3 is 0 Å². The minimum atomic E-state index is -0.0113. The van der Waals surface area contributed by atoms with Gasteiger partial charge in [-0.15, -0.1) is 11.8 Å². The summed E-state index contributed by atoms with van der Waals surface area (Å²) in [7, 11) is 1.63. The van der Waals surface area contributed by atoms with E-state index in [0.717, 1.165) is 22.3 Å². The molecule has 1 aliphatic rings. The Balaban J connectivity index is 2.02. The number of halogens is 1. The van der Waals surface area contributed by atoms with Crippen LogP contribution in [0.5, 0.6) is 5.75 Å². The molecule has 1 aliphatic heterocycles. The average molecular weight is 378 g/mol. The van der Waals surface area contributed by atoms with Crippen LogP contribution in [0.25, 0.3) is 0 Å². The molecule has 0 bridgehead atoms. The molecule has 114 valence electrons. The van der Waals surface area contributed by atoms with E-state index in [4.69, 9.17) is 4.74 Å². The van der Waals surface area contributed by atoms with Gasteiger partial charge in [0.25, 0.3) is 0 Å². The Labute approximate surface area is 142 Å². The van der Waals surface area contributed by atoms with Crippen LogP contribution in [-0.2, 0) is 10.1 Å². The molecular weight excluding hydrogens is 362 g/mol. The number of alkyl halides is 1. The molecule has 1 fully saturated rings. The van der Waals surface area contributed by atoms with Gasteiger partial charge in [0.2, 0.25) is 5.91 Å². The Morgan fingerprint density at radius 3 is 2.86 bits per heavy atom. The van der Waals surface area contributed by atoms with Crippen LogP contribution in [0.2, 0.25) is 0 Å². The van der Waals surface area contributed by atoms with Crippen LogP contribution in [0.1, 0.15) is 16.5 Å². The first-order valence-electron chi connectivity index (χ1n) is 6.96. The maximum Gasteiger partial charge on any atom is 0.238 e. The first-order valence-corrected chi connectivity index (χ1v) is 9.13. The van der Waals surface area contributed by atoms with Gasteiger partial charge in [0, 0.05) is 5.33 Å². The molecule has 0 spiro atoms. The Bertz CT molecular complexity index is 692. The summed E-state index contributed by atoms with van der Waals surface area (Å²) < 4.78 is 5.42. The molecule has 3 nitrogen and oxygen atoms in total. The fourth-order valence-electron chi connectivity index (χ4n) is 2.59. The number of hydrogen-bond donors (Lipinski definition) is 0. The Morgan fingerprint density at radius 2 is 2.09 bits per heavy atom. The third kappa shape index (κ3) is 2.88. The zero-order valence-electron chi connectivity index (χ0n) is 12.2. The van der Waals surface area contributed by atoms with Crippen LogP contribution < -0.4 is 9.64 Å². The van der Waals surface area contributed by atoms with Crippen LogP contribution in [0.3, 0.4) is 0 Å². The second-order valence-electron chi connectivity index (χ2n) is 4.98. The number of thioether (sulfide) groups is 1. The number of ether oxygens (including phenoxy) is 1. The minimum Gasteiger partial charge on any atom is -0.495 e. The molecule has 3 rings (SSSR count). The van der Waals surface area contributed by atoms with E-state index in [1.165, 1.54) is 5.56 Å². The molecule has 5 heteroatoms. The number of anilines is 1. The van der Waals surface area contributed by atoms with E-state index in [1.807, 2.05) is 35.2 Å². The highest BCUT2D eigenvalue weighted by Crippen LogP contribution is 2.44. The lowest BCUT2D eigenvalue weighted by Gasteiger charge is -2.26. The van der Waals surface area contributed by atoms with Gasteiger partial charge in [-0.1, -0.05) is 52.3 Å². The highest BCUT2D eigenvalue weighted by atomic mass is 79.9. The number of amides is 1. The lowest BCUT2D eigenvalue weighted by molar-refractivity contribution is -0.115. The first kappa shape index (κ1) is 15.4. The van der Waals surface area contributed by atoms with E-state index in [9.17, 15) is 4.79 Å². The summed E-state index contributed by atoms with van der Waals surface area (Å²) in [6.07, 6.45) is 0. The zero-order chi connectivity index (χ0) is 15.5. The molecule has 1 atom stereocenters. The lowest BCUT2D eigenvalue weighted by Crippen LogP contribution is -2.28. The maximum atomic E-state index is 12.4. The molecule has 0 saturated carbocycles. The molecule has 22 heavy (non-hydrogen) atoms. The van der Waals surface area contributed by atoms with E-state index >= 15 is 0 Å². The average Bonchev–Trinajstić information content (AvgIpc) is 2.96. The molecule has 2 aromatic carbocycles. The molecule has 1 saturated heterocycles. The van der Waals surface area contributed by atoms with Crippen molar-refractivity contribution in [1.29, 1.82) is 0 Å². The minimum absolute atomic E-state index is 0.0113.